The van der Waals surface area contributed by atoms with Crippen molar-refractivity contribution >= 4 is 18.3 Å². The van der Waals surface area contributed by atoms with E-state index in [1.54, 1.807) is 14.2 Å². The highest BCUT2D eigenvalue weighted by atomic mass is 35.5. The van der Waals surface area contributed by atoms with Gasteiger partial charge in [-0.1, -0.05) is 0 Å². The number of halogens is 1. The van der Waals surface area contributed by atoms with Gasteiger partial charge in [0, 0.05) is 32.8 Å². The van der Waals surface area contributed by atoms with Crippen LogP contribution in [-0.2, 0) is 22.5 Å². The Labute approximate surface area is 155 Å². The smallest absolute Gasteiger partial charge is 0.230 e. The van der Waals surface area contributed by atoms with Gasteiger partial charge in [0.25, 0.3) is 0 Å². The zero-order valence-corrected chi connectivity index (χ0v) is 15.7. The molecule has 0 aromatic heterocycles. The van der Waals surface area contributed by atoms with Crippen LogP contribution < -0.4 is 15.2 Å². The second-order valence-corrected chi connectivity index (χ2v) is 6.55. The number of ether oxygens (including phenoxy) is 3. The Morgan fingerprint density at radius 1 is 1.20 bits per heavy atom. The topological polar surface area (TPSA) is 74.0 Å². The third kappa shape index (κ3) is 3.71. The van der Waals surface area contributed by atoms with Gasteiger partial charge in [0.1, 0.15) is 0 Å². The van der Waals surface area contributed by atoms with Crippen LogP contribution in [0, 0.1) is 5.41 Å². The number of hydrogen-bond donors (Lipinski definition) is 1. The van der Waals surface area contributed by atoms with E-state index in [4.69, 9.17) is 19.9 Å². The van der Waals surface area contributed by atoms with Gasteiger partial charge < -0.3 is 24.8 Å². The molecule has 140 valence electrons. The van der Waals surface area contributed by atoms with Gasteiger partial charge in [0.15, 0.2) is 11.5 Å². The molecule has 0 aliphatic carbocycles. The number of benzene rings is 1. The van der Waals surface area contributed by atoms with Crippen molar-refractivity contribution in [1.29, 1.82) is 0 Å². The summed E-state index contributed by atoms with van der Waals surface area (Å²) in [6.45, 7) is 2.91. The van der Waals surface area contributed by atoms with Crippen molar-refractivity contribution in [3.63, 3.8) is 0 Å². The number of carbonyl (C=O) groups is 1. The lowest BCUT2D eigenvalue weighted by Crippen LogP contribution is -2.51. The van der Waals surface area contributed by atoms with Crippen LogP contribution in [0.1, 0.15) is 24.0 Å². The van der Waals surface area contributed by atoms with Crippen molar-refractivity contribution in [2.24, 2.45) is 11.1 Å². The molecule has 2 heterocycles. The first-order chi connectivity index (χ1) is 11.6. The number of carbonyl (C=O) groups excluding carboxylic acids is 1. The maximum absolute atomic E-state index is 13.1. The maximum atomic E-state index is 13.1. The second-order valence-electron chi connectivity index (χ2n) is 6.55. The fraction of sp³-hybridized carbons (Fsp3) is 0.611. The molecule has 1 saturated heterocycles. The number of nitrogens with zero attached hydrogens (tertiary/aromatic N) is 1. The largest absolute Gasteiger partial charge is 0.493 e. The van der Waals surface area contributed by atoms with Crippen LogP contribution in [0.15, 0.2) is 12.1 Å². The van der Waals surface area contributed by atoms with Gasteiger partial charge in [-0.2, -0.15) is 0 Å². The van der Waals surface area contributed by atoms with E-state index in [2.05, 4.69) is 0 Å². The molecule has 3 rings (SSSR count). The van der Waals surface area contributed by atoms with Crippen LogP contribution in [0.25, 0.3) is 0 Å². The van der Waals surface area contributed by atoms with E-state index in [1.807, 2.05) is 17.0 Å². The van der Waals surface area contributed by atoms with Gasteiger partial charge in [-0.25, -0.2) is 0 Å². The summed E-state index contributed by atoms with van der Waals surface area (Å²) in [6.07, 6.45) is 2.23. The Kier molecular flexibility index (Phi) is 6.54. The molecule has 6 nitrogen and oxygen atoms in total. The van der Waals surface area contributed by atoms with Crippen LogP contribution in [0.2, 0.25) is 0 Å². The minimum atomic E-state index is -0.466. The standard InChI is InChI=1S/C18H26N2O4.ClH/c1-22-15-9-13-3-6-20(11-14(13)10-16(15)23-2)17(21)18(12-19)4-7-24-8-5-18;/h9-10H,3-8,11-12,19H2,1-2H3;1H. The van der Waals surface area contributed by atoms with E-state index in [0.717, 1.165) is 17.7 Å². The van der Waals surface area contributed by atoms with Crippen molar-refractivity contribution in [2.45, 2.75) is 25.8 Å². The van der Waals surface area contributed by atoms with E-state index >= 15 is 0 Å². The average molecular weight is 371 g/mol. The monoisotopic (exact) mass is 370 g/mol. The molecule has 25 heavy (non-hydrogen) atoms. The summed E-state index contributed by atoms with van der Waals surface area (Å²) < 4.78 is 16.2. The van der Waals surface area contributed by atoms with Gasteiger partial charge in [0.05, 0.1) is 19.6 Å². The van der Waals surface area contributed by atoms with Crippen LogP contribution in [-0.4, -0.2) is 51.3 Å². The number of rotatable bonds is 4. The summed E-state index contributed by atoms with van der Waals surface area (Å²) in [4.78, 5) is 15.1. The summed E-state index contributed by atoms with van der Waals surface area (Å²) >= 11 is 0. The van der Waals surface area contributed by atoms with Gasteiger partial charge in [-0.3, -0.25) is 4.79 Å². The zero-order valence-electron chi connectivity index (χ0n) is 14.9. The lowest BCUT2D eigenvalue weighted by atomic mass is 9.78. The summed E-state index contributed by atoms with van der Waals surface area (Å²) in [5.74, 6) is 1.60. The van der Waals surface area contributed by atoms with Gasteiger partial charge in [-0.15, -0.1) is 12.4 Å². The summed E-state index contributed by atoms with van der Waals surface area (Å²) in [7, 11) is 3.26. The van der Waals surface area contributed by atoms with Crippen molar-refractivity contribution in [1.82, 2.24) is 4.90 Å². The Bertz CT molecular complexity index is 617. The van der Waals surface area contributed by atoms with Gasteiger partial charge in [-0.05, 0) is 42.5 Å². The molecule has 1 amide bonds. The van der Waals surface area contributed by atoms with Crippen LogP contribution in [0.3, 0.4) is 0 Å². The Morgan fingerprint density at radius 3 is 2.36 bits per heavy atom. The number of nitrogens with two attached hydrogens (primary N) is 1. The molecule has 0 bridgehead atoms. The first-order valence-electron chi connectivity index (χ1n) is 8.44. The molecular weight excluding hydrogens is 344 g/mol. The maximum Gasteiger partial charge on any atom is 0.230 e. The summed E-state index contributed by atoms with van der Waals surface area (Å²) in [6, 6.07) is 4.00. The first kappa shape index (κ1) is 19.8. The molecule has 0 radical (unpaired) electrons. The zero-order chi connectivity index (χ0) is 17.2. The number of methoxy groups -OCH3 is 2. The van der Waals surface area contributed by atoms with Crippen LogP contribution in [0.4, 0.5) is 0 Å². The van der Waals surface area contributed by atoms with Crippen molar-refractivity contribution < 1.29 is 19.0 Å². The van der Waals surface area contributed by atoms with Crippen LogP contribution >= 0.6 is 12.4 Å². The molecule has 1 aromatic carbocycles. The van der Waals surface area contributed by atoms with Gasteiger partial charge >= 0.3 is 0 Å². The SMILES string of the molecule is COc1cc2c(cc1OC)CN(C(=O)C1(CN)CCOCC1)CC2.Cl. The number of fused-ring (bicyclic) bond motifs is 1. The Balaban J connectivity index is 0.00000225. The summed E-state index contributed by atoms with van der Waals surface area (Å²) in [5, 5.41) is 0. The van der Waals surface area contributed by atoms with E-state index in [1.165, 1.54) is 5.56 Å². The quantitative estimate of drug-likeness (QED) is 0.874. The van der Waals surface area contributed by atoms with Crippen molar-refractivity contribution in [3.05, 3.63) is 23.3 Å². The molecule has 0 atom stereocenters. The van der Waals surface area contributed by atoms with Crippen LogP contribution in [0.5, 0.6) is 11.5 Å². The lowest BCUT2D eigenvalue weighted by molar-refractivity contribution is -0.148. The molecular formula is C18H27ClN2O4. The van der Waals surface area contributed by atoms with E-state index in [0.29, 0.717) is 51.4 Å². The minimum Gasteiger partial charge on any atom is -0.493 e. The second kappa shape index (κ2) is 8.25. The van der Waals surface area contributed by atoms with E-state index in [9.17, 15) is 4.79 Å². The molecule has 1 aromatic rings. The van der Waals surface area contributed by atoms with E-state index < -0.39 is 5.41 Å². The molecule has 0 unspecified atom stereocenters. The number of hydrogen-bond acceptors (Lipinski definition) is 5. The van der Waals surface area contributed by atoms with E-state index in [-0.39, 0.29) is 18.3 Å². The predicted molar refractivity (Wildman–Crippen MR) is 97.5 cm³/mol. The fourth-order valence-corrected chi connectivity index (χ4v) is 3.66. The minimum absolute atomic E-state index is 0. The molecule has 0 spiro atoms. The predicted octanol–water partition coefficient (Wildman–Crippen LogP) is 1.77. The van der Waals surface area contributed by atoms with Gasteiger partial charge in [0.2, 0.25) is 5.91 Å². The first-order valence-corrected chi connectivity index (χ1v) is 8.44. The highest BCUT2D eigenvalue weighted by Crippen LogP contribution is 2.36. The molecule has 2 aliphatic rings. The molecule has 2 N–H and O–H groups in total. The lowest BCUT2D eigenvalue weighted by Gasteiger charge is -2.40. The third-order valence-electron chi connectivity index (χ3n) is 5.30. The Hall–Kier alpha value is -1.50. The number of amides is 1. The normalized spacial score (nSPS) is 18.8. The summed E-state index contributed by atoms with van der Waals surface area (Å²) in [5.41, 5.74) is 7.85. The average Bonchev–Trinajstić information content (AvgIpc) is 2.66. The highest BCUT2D eigenvalue weighted by Gasteiger charge is 2.42. The molecule has 1 fully saturated rings. The Morgan fingerprint density at radius 2 is 1.80 bits per heavy atom. The molecule has 0 saturated carbocycles. The fourth-order valence-electron chi connectivity index (χ4n) is 3.66. The molecule has 2 aliphatic heterocycles. The molecule has 7 heteroatoms. The van der Waals surface area contributed by atoms with Crippen molar-refractivity contribution in [3.8, 4) is 11.5 Å². The van der Waals surface area contributed by atoms with Crippen molar-refractivity contribution in [2.75, 3.05) is 40.5 Å². The third-order valence-corrected chi connectivity index (χ3v) is 5.30. The highest BCUT2D eigenvalue weighted by molar-refractivity contribution is 5.85.